The molecule has 1 saturated carbocycles. The molecule has 2 heteroatoms. The van der Waals surface area contributed by atoms with E-state index in [1.807, 2.05) is 0 Å². The van der Waals surface area contributed by atoms with Gasteiger partial charge in [-0.05, 0) is 47.7 Å². The lowest BCUT2D eigenvalue weighted by Crippen LogP contribution is -2.13. The standard InChI is InChI=1S/C10H15NS/c1-2-10(5-9(10)6-11)8-3-4-12-7-8/h3-4,7,9H,2,5-6,11H2,1H3. The number of thiophene rings is 1. The molecule has 0 spiro atoms. The molecular weight excluding hydrogens is 166 g/mol. The quantitative estimate of drug-likeness (QED) is 0.761. The van der Waals surface area contributed by atoms with Crippen molar-refractivity contribution in [1.29, 1.82) is 0 Å². The van der Waals surface area contributed by atoms with E-state index >= 15 is 0 Å². The van der Waals surface area contributed by atoms with E-state index in [2.05, 4.69) is 23.8 Å². The summed E-state index contributed by atoms with van der Waals surface area (Å²) < 4.78 is 0. The Bertz CT molecular complexity index is 255. The van der Waals surface area contributed by atoms with Crippen LogP contribution < -0.4 is 5.73 Å². The van der Waals surface area contributed by atoms with Crippen LogP contribution in [0.5, 0.6) is 0 Å². The maximum Gasteiger partial charge on any atom is 0.000260 e. The van der Waals surface area contributed by atoms with E-state index in [0.29, 0.717) is 5.41 Å². The molecule has 2 rings (SSSR count). The Morgan fingerprint density at radius 3 is 3.00 bits per heavy atom. The van der Waals surface area contributed by atoms with Crippen LogP contribution >= 0.6 is 11.3 Å². The van der Waals surface area contributed by atoms with Gasteiger partial charge in [0.1, 0.15) is 0 Å². The molecule has 66 valence electrons. The van der Waals surface area contributed by atoms with Gasteiger partial charge in [-0.2, -0.15) is 11.3 Å². The largest absolute Gasteiger partial charge is 0.330 e. The summed E-state index contributed by atoms with van der Waals surface area (Å²) in [7, 11) is 0. The zero-order valence-electron chi connectivity index (χ0n) is 7.42. The van der Waals surface area contributed by atoms with E-state index in [1.165, 1.54) is 18.4 Å². The second-order valence-electron chi connectivity index (χ2n) is 3.66. The van der Waals surface area contributed by atoms with Crippen molar-refractivity contribution in [3.8, 4) is 0 Å². The molecule has 2 unspecified atom stereocenters. The van der Waals surface area contributed by atoms with Gasteiger partial charge in [0.05, 0.1) is 0 Å². The Hall–Kier alpha value is -0.340. The normalized spacial score (nSPS) is 33.7. The van der Waals surface area contributed by atoms with Crippen molar-refractivity contribution in [2.24, 2.45) is 11.7 Å². The molecule has 1 heterocycles. The number of hydrogen-bond acceptors (Lipinski definition) is 2. The molecule has 0 saturated heterocycles. The zero-order valence-corrected chi connectivity index (χ0v) is 8.23. The second-order valence-corrected chi connectivity index (χ2v) is 4.44. The topological polar surface area (TPSA) is 26.0 Å². The molecule has 0 aliphatic heterocycles. The fraction of sp³-hybridized carbons (Fsp3) is 0.600. The van der Waals surface area contributed by atoms with Gasteiger partial charge in [0, 0.05) is 5.41 Å². The molecule has 0 amide bonds. The summed E-state index contributed by atoms with van der Waals surface area (Å²) in [6.45, 7) is 3.12. The second kappa shape index (κ2) is 2.86. The van der Waals surface area contributed by atoms with Crippen molar-refractivity contribution in [3.63, 3.8) is 0 Å². The van der Waals surface area contributed by atoms with E-state index in [4.69, 9.17) is 5.73 Å². The summed E-state index contributed by atoms with van der Waals surface area (Å²) in [6.07, 6.45) is 2.54. The first-order chi connectivity index (χ1) is 5.83. The van der Waals surface area contributed by atoms with Crippen molar-refractivity contribution in [1.82, 2.24) is 0 Å². The Morgan fingerprint density at radius 2 is 2.58 bits per heavy atom. The minimum atomic E-state index is 0.467. The highest BCUT2D eigenvalue weighted by molar-refractivity contribution is 7.08. The molecule has 0 bridgehead atoms. The van der Waals surface area contributed by atoms with Gasteiger partial charge in [-0.3, -0.25) is 0 Å². The molecule has 1 aliphatic carbocycles. The lowest BCUT2D eigenvalue weighted by atomic mass is 9.93. The fourth-order valence-electron chi connectivity index (χ4n) is 2.23. The van der Waals surface area contributed by atoms with Crippen molar-refractivity contribution in [2.75, 3.05) is 6.54 Å². The Balaban J connectivity index is 2.22. The molecule has 0 aromatic carbocycles. The average molecular weight is 181 g/mol. The predicted molar refractivity (Wildman–Crippen MR) is 53.4 cm³/mol. The van der Waals surface area contributed by atoms with Crippen LogP contribution in [0.4, 0.5) is 0 Å². The molecule has 1 nitrogen and oxygen atoms in total. The van der Waals surface area contributed by atoms with Gasteiger partial charge in [0.15, 0.2) is 0 Å². The third-order valence-electron chi connectivity index (χ3n) is 3.24. The molecule has 1 aromatic rings. The highest BCUT2D eigenvalue weighted by Crippen LogP contribution is 2.56. The minimum absolute atomic E-state index is 0.467. The maximum atomic E-state index is 5.69. The first kappa shape index (κ1) is 8.27. The molecule has 0 radical (unpaired) electrons. The van der Waals surface area contributed by atoms with Gasteiger partial charge >= 0.3 is 0 Å². The van der Waals surface area contributed by atoms with Crippen LogP contribution in [-0.2, 0) is 5.41 Å². The predicted octanol–water partition coefficient (Wildman–Crippen LogP) is 2.37. The summed E-state index contributed by atoms with van der Waals surface area (Å²) >= 11 is 1.79. The summed E-state index contributed by atoms with van der Waals surface area (Å²) in [4.78, 5) is 0. The minimum Gasteiger partial charge on any atom is -0.330 e. The highest BCUT2D eigenvalue weighted by atomic mass is 32.1. The van der Waals surface area contributed by atoms with E-state index in [0.717, 1.165) is 12.5 Å². The first-order valence-electron chi connectivity index (χ1n) is 4.56. The van der Waals surface area contributed by atoms with Crippen molar-refractivity contribution >= 4 is 11.3 Å². The summed E-state index contributed by atoms with van der Waals surface area (Å²) in [5.41, 5.74) is 7.68. The van der Waals surface area contributed by atoms with Crippen molar-refractivity contribution < 1.29 is 0 Å². The van der Waals surface area contributed by atoms with E-state index in [-0.39, 0.29) is 0 Å². The van der Waals surface area contributed by atoms with Gasteiger partial charge < -0.3 is 5.73 Å². The monoisotopic (exact) mass is 181 g/mol. The summed E-state index contributed by atoms with van der Waals surface area (Å²) in [5, 5.41) is 4.44. The van der Waals surface area contributed by atoms with Gasteiger partial charge in [0.2, 0.25) is 0 Å². The van der Waals surface area contributed by atoms with Crippen LogP contribution in [0.25, 0.3) is 0 Å². The first-order valence-corrected chi connectivity index (χ1v) is 5.50. The Kier molecular flexibility index (Phi) is 1.97. The van der Waals surface area contributed by atoms with Crippen LogP contribution in [0.3, 0.4) is 0 Å². The van der Waals surface area contributed by atoms with Crippen LogP contribution in [-0.4, -0.2) is 6.54 Å². The molecule has 1 aliphatic rings. The Morgan fingerprint density at radius 1 is 1.75 bits per heavy atom. The molecule has 2 atom stereocenters. The molecular formula is C10H15NS. The fourth-order valence-corrected chi connectivity index (χ4v) is 2.99. The van der Waals surface area contributed by atoms with Crippen LogP contribution in [0, 0.1) is 5.92 Å². The van der Waals surface area contributed by atoms with Crippen molar-refractivity contribution in [2.45, 2.75) is 25.2 Å². The van der Waals surface area contributed by atoms with E-state index in [9.17, 15) is 0 Å². The third kappa shape index (κ3) is 1.02. The lowest BCUT2D eigenvalue weighted by molar-refractivity contribution is 0.589. The molecule has 2 N–H and O–H groups in total. The molecule has 1 aromatic heterocycles. The molecule has 12 heavy (non-hydrogen) atoms. The summed E-state index contributed by atoms with van der Waals surface area (Å²) in [6, 6.07) is 2.25. The third-order valence-corrected chi connectivity index (χ3v) is 3.93. The van der Waals surface area contributed by atoms with Gasteiger partial charge in [-0.15, -0.1) is 0 Å². The van der Waals surface area contributed by atoms with Gasteiger partial charge in [-0.25, -0.2) is 0 Å². The van der Waals surface area contributed by atoms with E-state index < -0.39 is 0 Å². The highest BCUT2D eigenvalue weighted by Gasteiger charge is 2.52. The van der Waals surface area contributed by atoms with E-state index in [1.54, 1.807) is 11.3 Å². The molecule has 1 fully saturated rings. The zero-order chi connectivity index (χ0) is 8.60. The van der Waals surface area contributed by atoms with Crippen LogP contribution in [0.15, 0.2) is 16.8 Å². The average Bonchev–Trinajstić information content (AvgIpc) is 2.57. The van der Waals surface area contributed by atoms with Crippen LogP contribution in [0.2, 0.25) is 0 Å². The summed E-state index contributed by atoms with van der Waals surface area (Å²) in [5.74, 6) is 0.747. The SMILES string of the molecule is CCC1(c2ccsc2)CC1CN. The van der Waals surface area contributed by atoms with Gasteiger partial charge in [0.25, 0.3) is 0 Å². The number of rotatable bonds is 3. The maximum absolute atomic E-state index is 5.69. The van der Waals surface area contributed by atoms with Crippen molar-refractivity contribution in [3.05, 3.63) is 22.4 Å². The number of nitrogens with two attached hydrogens (primary N) is 1. The lowest BCUT2D eigenvalue weighted by Gasteiger charge is -2.12. The Labute approximate surface area is 77.6 Å². The van der Waals surface area contributed by atoms with Crippen LogP contribution in [0.1, 0.15) is 25.3 Å². The smallest absolute Gasteiger partial charge is 0.000260 e. The number of hydrogen-bond donors (Lipinski definition) is 1. The van der Waals surface area contributed by atoms with Gasteiger partial charge in [-0.1, -0.05) is 6.92 Å².